The summed E-state index contributed by atoms with van der Waals surface area (Å²) in [5, 5.41) is 2.90. The molecule has 0 spiro atoms. The van der Waals surface area contributed by atoms with E-state index in [-0.39, 0.29) is 12.6 Å². The van der Waals surface area contributed by atoms with Crippen molar-refractivity contribution in [2.75, 3.05) is 27.4 Å². The minimum Gasteiger partial charge on any atom is -0.496 e. The molecule has 1 rings (SSSR count). The van der Waals surface area contributed by atoms with Crippen molar-refractivity contribution < 1.29 is 27.0 Å². The van der Waals surface area contributed by atoms with Crippen LogP contribution in [-0.4, -0.2) is 45.8 Å². The molecule has 1 aromatic rings. The van der Waals surface area contributed by atoms with E-state index in [9.17, 15) is 17.6 Å². The first kappa shape index (κ1) is 17.7. The molecule has 0 amide bonds. The molecule has 0 aliphatic heterocycles. The second kappa shape index (κ2) is 8.19. The normalized spacial score (nSPS) is 13.5. The minimum absolute atomic E-state index is 0.100. The Bertz CT molecular complexity index is 429. The highest BCUT2D eigenvalue weighted by atomic mass is 19.3. The van der Waals surface area contributed by atoms with Gasteiger partial charge < -0.3 is 14.8 Å². The van der Waals surface area contributed by atoms with E-state index in [2.05, 4.69) is 5.32 Å². The molecule has 120 valence electrons. The number of hydrogen-bond acceptors (Lipinski definition) is 3. The van der Waals surface area contributed by atoms with E-state index in [1.165, 1.54) is 7.11 Å². The number of nitrogens with one attached hydrogen (secondary N) is 1. The lowest BCUT2D eigenvalue weighted by Crippen LogP contribution is -2.37. The molecule has 21 heavy (non-hydrogen) atoms. The van der Waals surface area contributed by atoms with Crippen LogP contribution in [0.4, 0.5) is 17.6 Å². The largest absolute Gasteiger partial charge is 0.496 e. The van der Waals surface area contributed by atoms with Crippen LogP contribution >= 0.6 is 0 Å². The van der Waals surface area contributed by atoms with Gasteiger partial charge >= 0.3 is 12.3 Å². The molecule has 7 heteroatoms. The minimum atomic E-state index is -4.12. The molecule has 0 saturated carbocycles. The Morgan fingerprint density at radius 2 is 1.90 bits per heavy atom. The number of halogens is 4. The van der Waals surface area contributed by atoms with Crippen molar-refractivity contribution in [3.8, 4) is 5.75 Å². The lowest BCUT2D eigenvalue weighted by molar-refractivity contribution is -0.166. The Labute approximate surface area is 121 Å². The zero-order valence-electron chi connectivity index (χ0n) is 11.9. The average Bonchev–Trinajstić information content (AvgIpc) is 2.46. The Kier molecular flexibility index (Phi) is 6.91. The van der Waals surface area contributed by atoms with Crippen LogP contribution in [0.15, 0.2) is 24.3 Å². The fourth-order valence-electron chi connectivity index (χ4n) is 1.78. The van der Waals surface area contributed by atoms with E-state index in [4.69, 9.17) is 9.47 Å². The van der Waals surface area contributed by atoms with Crippen LogP contribution in [0.2, 0.25) is 0 Å². The van der Waals surface area contributed by atoms with Gasteiger partial charge in [0, 0.05) is 6.04 Å². The summed E-state index contributed by atoms with van der Waals surface area (Å²) in [4.78, 5) is 0. The van der Waals surface area contributed by atoms with Crippen LogP contribution in [-0.2, 0) is 11.2 Å². The topological polar surface area (TPSA) is 30.5 Å². The first-order valence-electron chi connectivity index (χ1n) is 6.43. The third-order valence-electron chi connectivity index (χ3n) is 3.00. The summed E-state index contributed by atoms with van der Waals surface area (Å²) in [6.07, 6.45) is -3.25. The fourth-order valence-corrected chi connectivity index (χ4v) is 1.78. The highest BCUT2D eigenvalue weighted by Crippen LogP contribution is 2.23. The van der Waals surface area contributed by atoms with E-state index < -0.39 is 19.0 Å². The molecule has 0 radical (unpaired) electrons. The summed E-state index contributed by atoms with van der Waals surface area (Å²) in [6, 6.07) is 6.99. The zero-order valence-corrected chi connectivity index (χ0v) is 11.9. The molecular formula is C14H19F4NO2. The van der Waals surface area contributed by atoms with E-state index in [0.717, 1.165) is 5.56 Å². The van der Waals surface area contributed by atoms with Crippen LogP contribution in [0.1, 0.15) is 5.56 Å². The molecule has 0 bridgehead atoms. The maximum Gasteiger partial charge on any atom is 0.330 e. The van der Waals surface area contributed by atoms with Gasteiger partial charge in [-0.15, -0.1) is 0 Å². The maximum atomic E-state index is 12.7. The molecule has 1 aromatic carbocycles. The first-order chi connectivity index (χ1) is 9.90. The molecule has 1 atom stereocenters. The Balaban J connectivity index is 2.52. The SMILES string of the molecule is CNC(COCC(F)(F)C(F)F)Cc1ccccc1OC. The number of ether oxygens (including phenoxy) is 2. The van der Waals surface area contributed by atoms with E-state index in [1.54, 1.807) is 13.1 Å². The summed E-state index contributed by atoms with van der Waals surface area (Å²) in [5.74, 6) is -3.45. The van der Waals surface area contributed by atoms with Crippen LogP contribution in [0, 0.1) is 0 Å². The molecule has 0 aliphatic carbocycles. The number of hydrogen-bond donors (Lipinski definition) is 1. The van der Waals surface area contributed by atoms with Crippen molar-refractivity contribution in [3.05, 3.63) is 29.8 Å². The lowest BCUT2D eigenvalue weighted by Gasteiger charge is -2.20. The van der Waals surface area contributed by atoms with Gasteiger partial charge in [-0.05, 0) is 25.1 Å². The van der Waals surface area contributed by atoms with Crippen molar-refractivity contribution in [3.63, 3.8) is 0 Å². The molecule has 1 N–H and O–H groups in total. The van der Waals surface area contributed by atoms with Crippen LogP contribution in [0.25, 0.3) is 0 Å². The van der Waals surface area contributed by atoms with Gasteiger partial charge in [-0.2, -0.15) is 8.78 Å². The van der Waals surface area contributed by atoms with Crippen molar-refractivity contribution in [2.24, 2.45) is 0 Å². The van der Waals surface area contributed by atoms with Gasteiger partial charge in [0.15, 0.2) is 0 Å². The van der Waals surface area contributed by atoms with E-state index in [0.29, 0.717) is 12.2 Å². The van der Waals surface area contributed by atoms with Gasteiger partial charge in [0.2, 0.25) is 0 Å². The summed E-state index contributed by atoms with van der Waals surface area (Å²) in [6.45, 7) is -1.40. The first-order valence-corrected chi connectivity index (χ1v) is 6.43. The standard InChI is InChI=1S/C14H19F4NO2/c1-19-11(8-21-9-14(17,18)13(15)16)7-10-5-3-4-6-12(10)20-2/h3-6,11,13,19H,7-9H2,1-2H3. The number of para-hydroxylation sites is 1. The fraction of sp³-hybridized carbons (Fsp3) is 0.571. The summed E-state index contributed by atoms with van der Waals surface area (Å²) < 4.78 is 59.4. The molecule has 1 unspecified atom stereocenters. The molecule has 3 nitrogen and oxygen atoms in total. The van der Waals surface area contributed by atoms with Gasteiger partial charge in [0.1, 0.15) is 12.4 Å². The van der Waals surface area contributed by atoms with Gasteiger partial charge in [0.05, 0.1) is 13.7 Å². The van der Waals surface area contributed by atoms with E-state index >= 15 is 0 Å². The van der Waals surface area contributed by atoms with Crippen LogP contribution in [0.3, 0.4) is 0 Å². The number of methoxy groups -OCH3 is 1. The number of rotatable bonds is 9. The Morgan fingerprint density at radius 1 is 1.24 bits per heavy atom. The zero-order chi connectivity index (χ0) is 15.9. The number of alkyl halides is 4. The molecule has 0 fully saturated rings. The average molecular weight is 309 g/mol. The third-order valence-corrected chi connectivity index (χ3v) is 3.00. The van der Waals surface area contributed by atoms with Crippen molar-refractivity contribution in [1.82, 2.24) is 5.32 Å². The van der Waals surface area contributed by atoms with Gasteiger partial charge in [0.25, 0.3) is 0 Å². The summed E-state index contributed by atoms with van der Waals surface area (Å²) >= 11 is 0. The quantitative estimate of drug-likeness (QED) is 0.712. The van der Waals surface area contributed by atoms with Crippen molar-refractivity contribution >= 4 is 0 Å². The number of likely N-dealkylation sites (N-methyl/N-ethyl adjacent to an activating group) is 1. The predicted octanol–water partition coefficient (Wildman–Crippen LogP) is 2.74. The predicted molar refractivity (Wildman–Crippen MR) is 71.3 cm³/mol. The Hall–Kier alpha value is -1.34. The number of benzene rings is 1. The molecule has 0 aliphatic rings. The van der Waals surface area contributed by atoms with Gasteiger partial charge in [-0.25, -0.2) is 8.78 Å². The maximum absolute atomic E-state index is 12.7. The summed E-state index contributed by atoms with van der Waals surface area (Å²) in [5.41, 5.74) is 0.878. The second-order valence-electron chi connectivity index (χ2n) is 4.58. The highest BCUT2D eigenvalue weighted by Gasteiger charge is 2.41. The van der Waals surface area contributed by atoms with Crippen LogP contribution in [0.5, 0.6) is 5.75 Å². The van der Waals surface area contributed by atoms with Crippen molar-refractivity contribution in [2.45, 2.75) is 24.8 Å². The van der Waals surface area contributed by atoms with Crippen LogP contribution < -0.4 is 10.1 Å². The molecule has 0 aromatic heterocycles. The van der Waals surface area contributed by atoms with E-state index in [1.807, 2.05) is 18.2 Å². The van der Waals surface area contributed by atoms with Gasteiger partial charge in [-0.1, -0.05) is 18.2 Å². The Morgan fingerprint density at radius 3 is 2.48 bits per heavy atom. The molecule has 0 heterocycles. The second-order valence-corrected chi connectivity index (χ2v) is 4.58. The van der Waals surface area contributed by atoms with Crippen molar-refractivity contribution in [1.29, 1.82) is 0 Å². The smallest absolute Gasteiger partial charge is 0.330 e. The third kappa shape index (κ3) is 5.51. The monoisotopic (exact) mass is 309 g/mol. The van der Waals surface area contributed by atoms with Gasteiger partial charge in [-0.3, -0.25) is 0 Å². The summed E-state index contributed by atoms with van der Waals surface area (Å²) in [7, 11) is 3.18. The molecular weight excluding hydrogens is 290 g/mol. The molecule has 0 saturated heterocycles. The highest BCUT2D eigenvalue weighted by molar-refractivity contribution is 5.33. The lowest BCUT2D eigenvalue weighted by atomic mass is 10.1.